The minimum Gasteiger partial charge on any atom is -0.497 e. The minimum absolute atomic E-state index is 0.134. The van der Waals surface area contributed by atoms with Gasteiger partial charge in [0.05, 0.1) is 19.8 Å². The Hall–Kier alpha value is -2.61. The Morgan fingerprint density at radius 1 is 1.25 bits per heavy atom. The van der Waals surface area contributed by atoms with E-state index in [4.69, 9.17) is 33.3 Å². The van der Waals surface area contributed by atoms with E-state index in [9.17, 15) is 4.79 Å². The van der Waals surface area contributed by atoms with Crippen molar-refractivity contribution in [1.29, 1.82) is 0 Å². The van der Waals surface area contributed by atoms with Gasteiger partial charge in [-0.3, -0.25) is 4.79 Å². The number of hydrogen-bond acceptors (Lipinski definition) is 4. The first-order chi connectivity index (χ1) is 15.5. The topological polar surface area (TPSA) is 66.6 Å². The quantitative estimate of drug-likeness (QED) is 0.502. The number of nitrogens with zero attached hydrogens (tertiary/aromatic N) is 1. The second-order valence-corrected chi connectivity index (χ2v) is 8.70. The molecule has 2 N–H and O–H groups in total. The second-order valence-electron chi connectivity index (χ2n) is 7.88. The summed E-state index contributed by atoms with van der Waals surface area (Å²) in [6, 6.07) is 15.1. The van der Waals surface area contributed by atoms with E-state index in [0.29, 0.717) is 35.3 Å². The summed E-state index contributed by atoms with van der Waals surface area (Å²) in [6.45, 7) is 2.36. The largest absolute Gasteiger partial charge is 0.497 e. The average molecular weight is 472 g/mol. The summed E-state index contributed by atoms with van der Waals surface area (Å²) in [7, 11) is 1.62. The summed E-state index contributed by atoms with van der Waals surface area (Å²) in [6.07, 6.45) is 2.27. The Labute approximate surface area is 197 Å². The highest BCUT2D eigenvalue weighted by atomic mass is 35.5. The number of halogens is 1. The van der Waals surface area contributed by atoms with Crippen LogP contribution in [0.25, 0.3) is 10.9 Å². The Bertz CT molecular complexity index is 1140. The van der Waals surface area contributed by atoms with E-state index in [1.54, 1.807) is 7.11 Å². The second kappa shape index (κ2) is 10.3. The molecule has 1 atom stereocenters. The highest BCUT2D eigenvalue weighted by Crippen LogP contribution is 2.20. The van der Waals surface area contributed by atoms with Gasteiger partial charge in [-0.2, -0.15) is 0 Å². The molecule has 8 heteroatoms. The first-order valence-electron chi connectivity index (χ1n) is 10.6. The molecule has 168 valence electrons. The van der Waals surface area contributed by atoms with Crippen LogP contribution in [0.2, 0.25) is 5.02 Å². The zero-order valence-electron chi connectivity index (χ0n) is 17.9. The van der Waals surface area contributed by atoms with Crippen molar-refractivity contribution >= 4 is 39.8 Å². The summed E-state index contributed by atoms with van der Waals surface area (Å²) >= 11 is 11.8. The van der Waals surface area contributed by atoms with Gasteiger partial charge >= 0.3 is 0 Å². The van der Waals surface area contributed by atoms with Gasteiger partial charge < -0.3 is 24.7 Å². The summed E-state index contributed by atoms with van der Waals surface area (Å²) in [4.78, 5) is 17.7. The molecule has 1 aliphatic rings. The third kappa shape index (κ3) is 5.59. The van der Waals surface area contributed by atoms with Crippen LogP contribution >= 0.6 is 23.8 Å². The lowest BCUT2D eigenvalue weighted by atomic mass is 10.1. The number of benzene rings is 2. The molecule has 32 heavy (non-hydrogen) atoms. The van der Waals surface area contributed by atoms with Gasteiger partial charge in [0.15, 0.2) is 5.11 Å². The number of pyridine rings is 1. The molecule has 1 saturated heterocycles. The van der Waals surface area contributed by atoms with Crippen LogP contribution in [0.4, 0.5) is 0 Å². The highest BCUT2D eigenvalue weighted by Gasteiger charge is 2.18. The summed E-state index contributed by atoms with van der Waals surface area (Å²) in [5, 5.41) is 5.50. The molecule has 0 spiro atoms. The molecule has 4 rings (SSSR count). The van der Waals surface area contributed by atoms with Gasteiger partial charge in [-0.15, -0.1) is 0 Å². The fourth-order valence-electron chi connectivity index (χ4n) is 3.81. The van der Waals surface area contributed by atoms with Crippen molar-refractivity contribution in [2.75, 3.05) is 20.3 Å². The van der Waals surface area contributed by atoms with Crippen LogP contribution in [0.1, 0.15) is 24.0 Å². The van der Waals surface area contributed by atoms with Crippen molar-refractivity contribution < 1.29 is 9.47 Å². The molecule has 0 saturated carbocycles. The maximum atomic E-state index is 12.8. The molecule has 1 unspecified atom stereocenters. The molecule has 2 heterocycles. The molecule has 1 fully saturated rings. The number of thiocarbonyl (C=S) groups is 1. The Morgan fingerprint density at radius 3 is 2.78 bits per heavy atom. The van der Waals surface area contributed by atoms with Gasteiger partial charge in [0.2, 0.25) is 0 Å². The number of hydrogen-bond donors (Lipinski definition) is 2. The van der Waals surface area contributed by atoms with E-state index in [1.165, 1.54) is 0 Å². The maximum Gasteiger partial charge on any atom is 0.253 e. The normalized spacial score (nSPS) is 15.6. The predicted molar refractivity (Wildman–Crippen MR) is 131 cm³/mol. The van der Waals surface area contributed by atoms with Crippen molar-refractivity contribution in [1.82, 2.24) is 15.2 Å². The minimum atomic E-state index is -0.134. The van der Waals surface area contributed by atoms with Crippen LogP contribution in [-0.2, 0) is 17.8 Å². The molecule has 0 radical (unpaired) electrons. The smallest absolute Gasteiger partial charge is 0.253 e. The van der Waals surface area contributed by atoms with Crippen molar-refractivity contribution in [3.63, 3.8) is 0 Å². The summed E-state index contributed by atoms with van der Waals surface area (Å²) in [5.41, 5.74) is 2.31. The molecule has 0 aliphatic carbocycles. The average Bonchev–Trinajstić information content (AvgIpc) is 3.32. The lowest BCUT2D eigenvalue weighted by Crippen LogP contribution is -2.42. The van der Waals surface area contributed by atoms with Gasteiger partial charge in [-0.05, 0) is 67.0 Å². The van der Waals surface area contributed by atoms with Crippen LogP contribution in [0.15, 0.2) is 53.3 Å². The Balaban J connectivity index is 1.58. The lowest BCUT2D eigenvalue weighted by molar-refractivity contribution is 0.113. The third-order valence-electron chi connectivity index (χ3n) is 5.57. The van der Waals surface area contributed by atoms with Crippen LogP contribution in [0, 0.1) is 0 Å². The van der Waals surface area contributed by atoms with Gasteiger partial charge in [0.25, 0.3) is 5.56 Å². The molecule has 0 bridgehead atoms. The molecule has 6 nitrogen and oxygen atoms in total. The van der Waals surface area contributed by atoms with E-state index in [2.05, 4.69) is 10.3 Å². The fourth-order valence-corrected chi connectivity index (χ4v) is 4.15. The fraction of sp³-hybridized carbons (Fsp3) is 0.333. The molecule has 1 aliphatic heterocycles. The van der Waals surface area contributed by atoms with Gasteiger partial charge in [-0.1, -0.05) is 23.7 Å². The summed E-state index contributed by atoms with van der Waals surface area (Å²) < 4.78 is 11.0. The van der Waals surface area contributed by atoms with Crippen molar-refractivity contribution in [2.24, 2.45) is 0 Å². The third-order valence-corrected chi connectivity index (χ3v) is 6.22. The van der Waals surface area contributed by atoms with Gasteiger partial charge in [0, 0.05) is 41.2 Å². The number of rotatable bonds is 7. The monoisotopic (exact) mass is 471 g/mol. The van der Waals surface area contributed by atoms with Crippen LogP contribution in [-0.4, -0.2) is 41.4 Å². The van der Waals surface area contributed by atoms with Crippen molar-refractivity contribution in [3.05, 3.63) is 75.0 Å². The van der Waals surface area contributed by atoms with E-state index in [0.717, 1.165) is 41.7 Å². The SMILES string of the molecule is COc1ccc2[nH]c(=O)c(CN(Cc3ccc(Cl)cc3)C(=S)NCC3CCCO3)cc2c1. The highest BCUT2D eigenvalue weighted by molar-refractivity contribution is 7.80. The number of aromatic amines is 1. The zero-order valence-corrected chi connectivity index (χ0v) is 19.5. The molecule has 2 aromatic carbocycles. The standard InChI is InChI=1S/C24H26ClN3O3S/c1-30-20-8-9-22-17(12-20)11-18(23(29)27-22)15-28(14-16-4-6-19(25)7-5-16)24(32)26-13-21-3-2-10-31-21/h4-9,11-12,21H,2-3,10,13-15H2,1H3,(H,26,32)(H,27,29). The lowest BCUT2D eigenvalue weighted by Gasteiger charge is -2.27. The van der Waals surface area contributed by atoms with E-state index >= 15 is 0 Å². The molecular formula is C24H26ClN3O3S. The number of aromatic nitrogens is 1. The maximum absolute atomic E-state index is 12.8. The van der Waals surface area contributed by atoms with Crippen molar-refractivity contribution in [2.45, 2.75) is 32.0 Å². The van der Waals surface area contributed by atoms with Crippen LogP contribution in [0.5, 0.6) is 5.75 Å². The first kappa shape index (κ1) is 22.6. The van der Waals surface area contributed by atoms with Crippen LogP contribution in [0.3, 0.4) is 0 Å². The van der Waals surface area contributed by atoms with Crippen LogP contribution < -0.4 is 15.6 Å². The number of methoxy groups -OCH3 is 1. The Morgan fingerprint density at radius 2 is 2.06 bits per heavy atom. The van der Waals surface area contributed by atoms with Crippen molar-refractivity contribution in [3.8, 4) is 5.75 Å². The molecule has 1 aromatic heterocycles. The number of nitrogens with one attached hydrogen (secondary N) is 2. The first-order valence-corrected chi connectivity index (χ1v) is 11.4. The van der Waals surface area contributed by atoms with E-state index in [-0.39, 0.29) is 11.7 Å². The predicted octanol–water partition coefficient (Wildman–Crippen LogP) is 4.25. The van der Waals surface area contributed by atoms with E-state index in [1.807, 2.05) is 53.4 Å². The van der Waals surface area contributed by atoms with Gasteiger partial charge in [-0.25, -0.2) is 0 Å². The van der Waals surface area contributed by atoms with Gasteiger partial charge in [0.1, 0.15) is 5.75 Å². The zero-order chi connectivity index (χ0) is 22.5. The molecule has 0 amide bonds. The summed E-state index contributed by atoms with van der Waals surface area (Å²) in [5.74, 6) is 0.738. The Kier molecular flexibility index (Phi) is 7.29. The number of fused-ring (bicyclic) bond motifs is 1. The van der Waals surface area contributed by atoms with E-state index < -0.39 is 0 Å². The number of H-pyrrole nitrogens is 1. The molecular weight excluding hydrogens is 446 g/mol. The number of ether oxygens (including phenoxy) is 2. The molecule has 3 aromatic rings.